The Labute approximate surface area is 104 Å². The van der Waals surface area contributed by atoms with E-state index in [1.807, 2.05) is 0 Å². The van der Waals surface area contributed by atoms with Gasteiger partial charge in [0, 0.05) is 22.3 Å². The topological polar surface area (TPSA) is 61.4 Å². The van der Waals surface area contributed by atoms with E-state index < -0.39 is 6.03 Å². The number of carbonyl (C=O) groups excluding carboxylic acids is 1. The number of aliphatic hydroxyl groups is 1. The van der Waals surface area contributed by atoms with Crippen molar-refractivity contribution in [1.82, 2.24) is 5.32 Å². The van der Waals surface area contributed by atoms with Crippen molar-refractivity contribution in [1.29, 1.82) is 0 Å². The maximum atomic E-state index is 11.3. The lowest BCUT2D eigenvalue weighted by Crippen LogP contribution is -2.30. The first-order valence-electron chi connectivity index (χ1n) is 4.66. The summed E-state index contributed by atoms with van der Waals surface area (Å²) in [6.45, 7) is 1.88. The fraction of sp³-hybridized carbons (Fsp3) is 0.300. The van der Waals surface area contributed by atoms with E-state index in [4.69, 9.17) is 28.3 Å². The number of hydrogen-bond donors (Lipinski definition) is 3. The van der Waals surface area contributed by atoms with Crippen LogP contribution >= 0.6 is 23.2 Å². The third-order valence-corrected chi connectivity index (χ3v) is 2.72. The highest BCUT2D eigenvalue weighted by molar-refractivity contribution is 6.36. The third-order valence-electron chi connectivity index (χ3n) is 1.94. The highest BCUT2D eigenvalue weighted by atomic mass is 35.5. The summed E-state index contributed by atoms with van der Waals surface area (Å²) in [6, 6.07) is 2.81. The van der Waals surface area contributed by atoms with Gasteiger partial charge in [-0.05, 0) is 24.6 Å². The molecular formula is C10H12Cl2N2O2. The van der Waals surface area contributed by atoms with Gasteiger partial charge in [0.2, 0.25) is 0 Å². The minimum atomic E-state index is -0.412. The Balaban J connectivity index is 2.71. The van der Waals surface area contributed by atoms with Crippen LogP contribution in [0.15, 0.2) is 12.1 Å². The minimum absolute atomic E-state index is 0.108. The summed E-state index contributed by atoms with van der Waals surface area (Å²) in [5.41, 5.74) is 1.28. The Hall–Kier alpha value is -0.970. The molecule has 6 heteroatoms. The van der Waals surface area contributed by atoms with E-state index in [1.165, 1.54) is 0 Å². The predicted molar refractivity (Wildman–Crippen MR) is 65.3 cm³/mol. The maximum absolute atomic E-state index is 11.3. The monoisotopic (exact) mass is 262 g/mol. The largest absolute Gasteiger partial charge is 0.395 e. The SMILES string of the molecule is Cc1c(Cl)cc(NC(=O)NCCO)cc1Cl. The van der Waals surface area contributed by atoms with Gasteiger partial charge in [0.15, 0.2) is 0 Å². The Morgan fingerprint density at radius 2 is 1.94 bits per heavy atom. The molecule has 0 unspecified atom stereocenters. The zero-order valence-corrected chi connectivity index (χ0v) is 10.2. The summed E-state index contributed by atoms with van der Waals surface area (Å²) in [5, 5.41) is 14.5. The summed E-state index contributed by atoms with van der Waals surface area (Å²) in [4.78, 5) is 11.3. The number of amides is 2. The lowest BCUT2D eigenvalue weighted by Gasteiger charge is -2.09. The molecule has 88 valence electrons. The Morgan fingerprint density at radius 3 is 2.44 bits per heavy atom. The van der Waals surface area contributed by atoms with Crippen LogP contribution in [0.5, 0.6) is 0 Å². The number of anilines is 1. The predicted octanol–water partition coefficient (Wildman–Crippen LogP) is 2.42. The maximum Gasteiger partial charge on any atom is 0.319 e. The lowest BCUT2D eigenvalue weighted by atomic mass is 10.2. The molecule has 0 fully saturated rings. The van der Waals surface area contributed by atoms with Crippen LogP contribution in [0.1, 0.15) is 5.56 Å². The van der Waals surface area contributed by atoms with Crippen molar-refractivity contribution in [3.05, 3.63) is 27.7 Å². The van der Waals surface area contributed by atoms with Crippen molar-refractivity contribution >= 4 is 34.9 Å². The van der Waals surface area contributed by atoms with Crippen LogP contribution < -0.4 is 10.6 Å². The van der Waals surface area contributed by atoms with Gasteiger partial charge in [-0.15, -0.1) is 0 Å². The number of halogens is 2. The van der Waals surface area contributed by atoms with Gasteiger partial charge in [0.05, 0.1) is 6.61 Å². The van der Waals surface area contributed by atoms with Crippen LogP contribution in [0.25, 0.3) is 0 Å². The summed E-state index contributed by atoms with van der Waals surface area (Å²) >= 11 is 11.8. The molecule has 0 bridgehead atoms. The van der Waals surface area contributed by atoms with Crippen molar-refractivity contribution in [2.24, 2.45) is 0 Å². The van der Waals surface area contributed by atoms with Crippen molar-refractivity contribution < 1.29 is 9.90 Å². The van der Waals surface area contributed by atoms with Gasteiger partial charge in [-0.1, -0.05) is 23.2 Å². The van der Waals surface area contributed by atoms with Crippen LogP contribution in [0.2, 0.25) is 10.0 Å². The first kappa shape index (κ1) is 13.1. The van der Waals surface area contributed by atoms with Crippen LogP contribution in [0, 0.1) is 6.92 Å². The van der Waals surface area contributed by atoms with Crippen molar-refractivity contribution in [3.8, 4) is 0 Å². The van der Waals surface area contributed by atoms with E-state index in [0.717, 1.165) is 5.56 Å². The molecule has 0 atom stereocenters. The highest BCUT2D eigenvalue weighted by Crippen LogP contribution is 2.27. The van der Waals surface area contributed by atoms with Crippen molar-refractivity contribution in [2.75, 3.05) is 18.5 Å². The first-order chi connectivity index (χ1) is 7.54. The molecule has 0 saturated carbocycles. The van der Waals surface area contributed by atoms with Crippen molar-refractivity contribution in [3.63, 3.8) is 0 Å². The number of hydrogen-bond acceptors (Lipinski definition) is 2. The summed E-state index contributed by atoms with van der Waals surface area (Å²) in [5.74, 6) is 0. The summed E-state index contributed by atoms with van der Waals surface area (Å²) in [7, 11) is 0. The average molecular weight is 263 g/mol. The molecule has 0 aliphatic rings. The number of urea groups is 1. The molecule has 0 radical (unpaired) electrons. The molecular weight excluding hydrogens is 251 g/mol. The van der Waals surface area contributed by atoms with Gasteiger partial charge in [0.1, 0.15) is 0 Å². The van der Waals surface area contributed by atoms with E-state index in [-0.39, 0.29) is 13.2 Å². The number of nitrogens with one attached hydrogen (secondary N) is 2. The van der Waals surface area contributed by atoms with Crippen molar-refractivity contribution in [2.45, 2.75) is 6.92 Å². The fourth-order valence-corrected chi connectivity index (χ4v) is 1.55. The van der Waals surface area contributed by atoms with Gasteiger partial charge in [-0.2, -0.15) is 0 Å². The second kappa shape index (κ2) is 5.94. The second-order valence-corrected chi connectivity index (χ2v) is 3.98. The normalized spacial score (nSPS) is 10.0. The lowest BCUT2D eigenvalue weighted by molar-refractivity contribution is 0.245. The van der Waals surface area contributed by atoms with E-state index in [1.54, 1.807) is 19.1 Å². The summed E-state index contributed by atoms with van der Waals surface area (Å²) in [6.07, 6.45) is 0. The number of aliphatic hydroxyl groups excluding tert-OH is 1. The number of rotatable bonds is 3. The molecule has 0 aromatic heterocycles. The van der Waals surface area contributed by atoms with E-state index in [2.05, 4.69) is 10.6 Å². The second-order valence-electron chi connectivity index (χ2n) is 3.17. The van der Waals surface area contributed by atoms with E-state index in [0.29, 0.717) is 15.7 Å². The molecule has 3 N–H and O–H groups in total. The van der Waals surface area contributed by atoms with E-state index in [9.17, 15) is 4.79 Å². The molecule has 1 rings (SSSR count). The average Bonchev–Trinajstić information content (AvgIpc) is 2.23. The van der Waals surface area contributed by atoms with Gasteiger partial charge < -0.3 is 15.7 Å². The molecule has 0 saturated heterocycles. The zero-order valence-electron chi connectivity index (χ0n) is 8.68. The fourth-order valence-electron chi connectivity index (χ4n) is 1.06. The minimum Gasteiger partial charge on any atom is -0.395 e. The molecule has 2 amide bonds. The molecule has 0 aliphatic heterocycles. The molecule has 4 nitrogen and oxygen atoms in total. The van der Waals surface area contributed by atoms with Gasteiger partial charge in [-0.25, -0.2) is 4.79 Å². The third kappa shape index (κ3) is 3.56. The molecule has 0 spiro atoms. The first-order valence-corrected chi connectivity index (χ1v) is 5.41. The van der Waals surface area contributed by atoms with Gasteiger partial charge >= 0.3 is 6.03 Å². The molecule has 1 aromatic rings. The number of carbonyl (C=O) groups is 1. The van der Waals surface area contributed by atoms with Crippen LogP contribution in [0.4, 0.5) is 10.5 Å². The molecule has 1 aromatic carbocycles. The number of benzene rings is 1. The van der Waals surface area contributed by atoms with Gasteiger partial charge in [0.25, 0.3) is 0 Å². The Morgan fingerprint density at radius 1 is 1.38 bits per heavy atom. The smallest absolute Gasteiger partial charge is 0.319 e. The van der Waals surface area contributed by atoms with Crippen LogP contribution in [-0.2, 0) is 0 Å². The molecule has 0 heterocycles. The Kier molecular flexibility index (Phi) is 4.86. The van der Waals surface area contributed by atoms with Crippen LogP contribution in [0.3, 0.4) is 0 Å². The molecule has 16 heavy (non-hydrogen) atoms. The Bertz CT molecular complexity index is 373. The zero-order chi connectivity index (χ0) is 12.1. The van der Waals surface area contributed by atoms with E-state index >= 15 is 0 Å². The van der Waals surface area contributed by atoms with Gasteiger partial charge in [-0.3, -0.25) is 0 Å². The standard InChI is InChI=1S/C10H12Cl2N2O2/c1-6-8(11)4-7(5-9(6)12)14-10(16)13-2-3-15/h4-5,15H,2-3H2,1H3,(H2,13,14,16). The summed E-state index contributed by atoms with van der Waals surface area (Å²) < 4.78 is 0. The highest BCUT2D eigenvalue weighted by Gasteiger charge is 2.06. The van der Waals surface area contributed by atoms with Crippen LogP contribution in [-0.4, -0.2) is 24.3 Å². The molecule has 0 aliphatic carbocycles. The quantitative estimate of drug-likeness (QED) is 0.784.